The standard InChI is InChI=1S/C8H15NO2/c1-2-11-8(7-10)4-3-5-9-6-8/h7,9H,2-6H2,1H3. The molecule has 11 heavy (non-hydrogen) atoms. The first-order valence-electron chi connectivity index (χ1n) is 4.14. The van der Waals surface area contributed by atoms with Crippen molar-refractivity contribution >= 4 is 6.29 Å². The van der Waals surface area contributed by atoms with Crippen LogP contribution in [0, 0.1) is 0 Å². The van der Waals surface area contributed by atoms with E-state index in [0.29, 0.717) is 13.2 Å². The summed E-state index contributed by atoms with van der Waals surface area (Å²) in [5, 5.41) is 3.16. The Bertz CT molecular complexity index is 125. The predicted molar refractivity (Wildman–Crippen MR) is 42.5 cm³/mol. The summed E-state index contributed by atoms with van der Waals surface area (Å²) in [4.78, 5) is 10.7. The van der Waals surface area contributed by atoms with E-state index >= 15 is 0 Å². The Morgan fingerprint density at radius 3 is 3.00 bits per heavy atom. The van der Waals surface area contributed by atoms with E-state index < -0.39 is 5.60 Å². The molecule has 1 saturated heterocycles. The summed E-state index contributed by atoms with van der Waals surface area (Å²) in [5.41, 5.74) is -0.521. The van der Waals surface area contributed by atoms with Crippen LogP contribution in [0.15, 0.2) is 0 Å². The zero-order valence-electron chi connectivity index (χ0n) is 6.93. The Kier molecular flexibility index (Phi) is 3.02. The number of carbonyl (C=O) groups excluding carboxylic acids is 1. The van der Waals surface area contributed by atoms with Crippen molar-refractivity contribution in [2.24, 2.45) is 0 Å². The lowest BCUT2D eigenvalue weighted by atomic mass is 9.96. The molecule has 0 aliphatic carbocycles. The molecule has 1 heterocycles. The molecule has 0 bridgehead atoms. The van der Waals surface area contributed by atoms with Crippen LogP contribution in [0.5, 0.6) is 0 Å². The summed E-state index contributed by atoms with van der Waals surface area (Å²) in [6.45, 7) is 4.20. The van der Waals surface area contributed by atoms with Crippen molar-refractivity contribution < 1.29 is 9.53 Å². The molecule has 0 saturated carbocycles. The second-order valence-corrected chi connectivity index (χ2v) is 2.90. The van der Waals surface area contributed by atoms with Gasteiger partial charge in [0.25, 0.3) is 0 Å². The van der Waals surface area contributed by atoms with E-state index in [0.717, 1.165) is 25.7 Å². The van der Waals surface area contributed by atoms with Crippen LogP contribution in [0.4, 0.5) is 0 Å². The zero-order chi connectivity index (χ0) is 8.16. The quantitative estimate of drug-likeness (QED) is 0.600. The monoisotopic (exact) mass is 157 g/mol. The highest BCUT2D eigenvalue weighted by molar-refractivity contribution is 5.63. The molecule has 1 aliphatic rings. The largest absolute Gasteiger partial charge is 0.366 e. The number of nitrogens with one attached hydrogen (secondary N) is 1. The van der Waals surface area contributed by atoms with Crippen molar-refractivity contribution in [1.82, 2.24) is 5.32 Å². The maximum absolute atomic E-state index is 10.7. The molecular weight excluding hydrogens is 142 g/mol. The summed E-state index contributed by atoms with van der Waals surface area (Å²) in [5.74, 6) is 0. The molecule has 0 aromatic rings. The third kappa shape index (κ3) is 2.01. The first kappa shape index (κ1) is 8.68. The lowest BCUT2D eigenvalue weighted by molar-refractivity contribution is -0.133. The molecule has 1 atom stereocenters. The SMILES string of the molecule is CCOC1(C=O)CCCNC1. The summed E-state index contributed by atoms with van der Waals surface area (Å²) in [7, 11) is 0. The Morgan fingerprint density at radius 2 is 2.55 bits per heavy atom. The highest BCUT2D eigenvalue weighted by atomic mass is 16.5. The molecule has 1 rings (SSSR count). The minimum absolute atomic E-state index is 0.521. The molecule has 3 nitrogen and oxygen atoms in total. The molecule has 0 spiro atoms. The normalized spacial score (nSPS) is 31.7. The lowest BCUT2D eigenvalue weighted by Gasteiger charge is -2.32. The fraction of sp³-hybridized carbons (Fsp3) is 0.875. The van der Waals surface area contributed by atoms with Gasteiger partial charge in [0, 0.05) is 13.2 Å². The van der Waals surface area contributed by atoms with Crippen molar-refractivity contribution in [2.75, 3.05) is 19.7 Å². The van der Waals surface area contributed by atoms with Gasteiger partial charge in [0.15, 0.2) is 6.29 Å². The molecule has 3 heteroatoms. The number of piperidine rings is 1. The van der Waals surface area contributed by atoms with Gasteiger partial charge in [0.05, 0.1) is 0 Å². The Morgan fingerprint density at radius 1 is 1.73 bits per heavy atom. The number of rotatable bonds is 3. The van der Waals surface area contributed by atoms with Gasteiger partial charge in [-0.1, -0.05) is 0 Å². The van der Waals surface area contributed by atoms with Gasteiger partial charge in [0.1, 0.15) is 5.60 Å². The third-order valence-corrected chi connectivity index (χ3v) is 2.02. The highest BCUT2D eigenvalue weighted by Crippen LogP contribution is 2.17. The van der Waals surface area contributed by atoms with Crippen LogP contribution >= 0.6 is 0 Å². The Hall–Kier alpha value is -0.410. The predicted octanol–water partition coefficient (Wildman–Crippen LogP) is 0.344. The number of aldehydes is 1. The first-order valence-corrected chi connectivity index (χ1v) is 4.14. The van der Waals surface area contributed by atoms with Crippen molar-refractivity contribution in [3.05, 3.63) is 0 Å². The molecule has 0 aromatic carbocycles. The van der Waals surface area contributed by atoms with Gasteiger partial charge in [-0.25, -0.2) is 0 Å². The van der Waals surface area contributed by atoms with Crippen LogP contribution in [0.2, 0.25) is 0 Å². The van der Waals surface area contributed by atoms with Crippen LogP contribution in [0.3, 0.4) is 0 Å². The Labute approximate surface area is 67.1 Å². The van der Waals surface area contributed by atoms with Crippen LogP contribution in [-0.2, 0) is 9.53 Å². The van der Waals surface area contributed by atoms with Gasteiger partial charge >= 0.3 is 0 Å². The summed E-state index contributed by atoms with van der Waals surface area (Å²) < 4.78 is 5.39. The topological polar surface area (TPSA) is 38.3 Å². The number of carbonyl (C=O) groups is 1. The molecular formula is C8H15NO2. The van der Waals surface area contributed by atoms with Crippen molar-refractivity contribution in [3.63, 3.8) is 0 Å². The fourth-order valence-corrected chi connectivity index (χ4v) is 1.45. The minimum atomic E-state index is -0.521. The number of ether oxygens (including phenoxy) is 1. The van der Waals surface area contributed by atoms with E-state index in [-0.39, 0.29) is 0 Å². The molecule has 1 fully saturated rings. The molecule has 1 unspecified atom stereocenters. The van der Waals surface area contributed by atoms with E-state index in [1.54, 1.807) is 0 Å². The fourth-order valence-electron chi connectivity index (χ4n) is 1.45. The molecule has 0 radical (unpaired) electrons. The van der Waals surface area contributed by atoms with Crippen LogP contribution in [0.25, 0.3) is 0 Å². The van der Waals surface area contributed by atoms with Gasteiger partial charge in [-0.05, 0) is 26.3 Å². The number of hydrogen-bond donors (Lipinski definition) is 1. The second kappa shape index (κ2) is 3.83. The van der Waals surface area contributed by atoms with E-state index in [1.807, 2.05) is 6.92 Å². The summed E-state index contributed by atoms with van der Waals surface area (Å²) in [6.07, 6.45) is 2.82. The molecule has 0 amide bonds. The maximum Gasteiger partial charge on any atom is 0.153 e. The van der Waals surface area contributed by atoms with Crippen molar-refractivity contribution in [3.8, 4) is 0 Å². The third-order valence-electron chi connectivity index (χ3n) is 2.02. The van der Waals surface area contributed by atoms with Gasteiger partial charge in [0.2, 0.25) is 0 Å². The second-order valence-electron chi connectivity index (χ2n) is 2.90. The summed E-state index contributed by atoms with van der Waals surface area (Å²) >= 11 is 0. The minimum Gasteiger partial charge on any atom is -0.366 e. The average molecular weight is 157 g/mol. The zero-order valence-corrected chi connectivity index (χ0v) is 6.93. The lowest BCUT2D eigenvalue weighted by Crippen LogP contribution is -2.49. The van der Waals surface area contributed by atoms with E-state index in [1.165, 1.54) is 0 Å². The summed E-state index contributed by atoms with van der Waals surface area (Å²) in [6, 6.07) is 0. The number of hydrogen-bond acceptors (Lipinski definition) is 3. The molecule has 64 valence electrons. The van der Waals surface area contributed by atoms with E-state index in [2.05, 4.69) is 5.32 Å². The maximum atomic E-state index is 10.7. The average Bonchev–Trinajstić information content (AvgIpc) is 2.07. The van der Waals surface area contributed by atoms with E-state index in [9.17, 15) is 4.79 Å². The molecule has 1 aliphatic heterocycles. The first-order chi connectivity index (χ1) is 5.33. The Balaban J connectivity index is 2.49. The van der Waals surface area contributed by atoms with Gasteiger partial charge in [-0.2, -0.15) is 0 Å². The van der Waals surface area contributed by atoms with Crippen molar-refractivity contribution in [2.45, 2.75) is 25.4 Å². The highest BCUT2D eigenvalue weighted by Gasteiger charge is 2.31. The van der Waals surface area contributed by atoms with Gasteiger partial charge in [-0.3, -0.25) is 0 Å². The van der Waals surface area contributed by atoms with Crippen molar-refractivity contribution in [1.29, 1.82) is 0 Å². The smallest absolute Gasteiger partial charge is 0.153 e. The van der Waals surface area contributed by atoms with Gasteiger partial charge in [-0.15, -0.1) is 0 Å². The van der Waals surface area contributed by atoms with Crippen LogP contribution < -0.4 is 5.32 Å². The van der Waals surface area contributed by atoms with E-state index in [4.69, 9.17) is 4.74 Å². The van der Waals surface area contributed by atoms with Gasteiger partial charge < -0.3 is 14.8 Å². The van der Waals surface area contributed by atoms with Crippen LogP contribution in [0.1, 0.15) is 19.8 Å². The molecule has 1 N–H and O–H groups in total. The van der Waals surface area contributed by atoms with Crippen LogP contribution in [-0.4, -0.2) is 31.6 Å². The molecule has 0 aromatic heterocycles.